The summed E-state index contributed by atoms with van der Waals surface area (Å²) < 4.78 is 24.9. The zero-order valence-electron chi connectivity index (χ0n) is 16.6. The Bertz CT molecular complexity index is 988. The fourth-order valence-corrected chi connectivity index (χ4v) is 3.34. The zero-order chi connectivity index (χ0) is 21.0. The van der Waals surface area contributed by atoms with Crippen molar-refractivity contribution in [1.82, 2.24) is 10.2 Å². The van der Waals surface area contributed by atoms with Gasteiger partial charge in [-0.2, -0.15) is 0 Å². The first kappa shape index (κ1) is 20.9. The number of rotatable bonds is 7. The molecule has 1 heterocycles. The summed E-state index contributed by atoms with van der Waals surface area (Å²) in [6, 6.07) is 11.9. The highest BCUT2D eigenvalue weighted by Crippen LogP contribution is 2.28. The Kier molecular flexibility index (Phi) is 6.53. The van der Waals surface area contributed by atoms with Gasteiger partial charge >= 0.3 is 0 Å². The van der Waals surface area contributed by atoms with Crippen LogP contribution in [0.1, 0.15) is 37.0 Å². The van der Waals surface area contributed by atoms with E-state index >= 15 is 0 Å². The molecule has 0 fully saturated rings. The Morgan fingerprint density at radius 3 is 2.48 bits per heavy atom. The minimum atomic E-state index is -0.632. The van der Waals surface area contributed by atoms with Crippen LogP contribution in [0.3, 0.4) is 0 Å². The van der Waals surface area contributed by atoms with Gasteiger partial charge in [-0.25, -0.2) is 4.39 Å². The van der Waals surface area contributed by atoms with Crippen molar-refractivity contribution in [2.75, 3.05) is 5.32 Å². The second kappa shape index (κ2) is 9.09. The van der Waals surface area contributed by atoms with E-state index in [1.54, 1.807) is 26.0 Å². The number of aromatic nitrogens is 2. The number of amides is 1. The number of para-hydroxylation sites is 2. The smallest absolute Gasteiger partial charge is 0.277 e. The quantitative estimate of drug-likeness (QED) is 0.542. The van der Waals surface area contributed by atoms with E-state index in [0.29, 0.717) is 0 Å². The van der Waals surface area contributed by atoms with Gasteiger partial charge in [-0.05, 0) is 51.0 Å². The third kappa shape index (κ3) is 5.14. The molecule has 2 atom stereocenters. The van der Waals surface area contributed by atoms with Gasteiger partial charge in [0.1, 0.15) is 0 Å². The minimum absolute atomic E-state index is 0.105. The number of hydrogen-bond donors (Lipinski definition) is 1. The SMILES string of the molecule is Cc1cccc(C)c1NC(=O)[C@H](C)Sc1nnc([C@@H](C)Oc2ccccc2F)o1. The fourth-order valence-electron chi connectivity index (χ4n) is 2.65. The molecule has 2 aromatic carbocycles. The normalized spacial score (nSPS) is 13.0. The van der Waals surface area contributed by atoms with E-state index in [0.717, 1.165) is 28.6 Å². The van der Waals surface area contributed by atoms with Gasteiger partial charge < -0.3 is 14.5 Å². The largest absolute Gasteiger partial charge is 0.478 e. The molecule has 1 amide bonds. The molecule has 0 unspecified atom stereocenters. The maximum absolute atomic E-state index is 13.7. The van der Waals surface area contributed by atoms with Crippen molar-refractivity contribution < 1.29 is 18.3 Å². The Morgan fingerprint density at radius 1 is 1.10 bits per heavy atom. The number of aryl methyl sites for hydroxylation is 2. The standard InChI is InChI=1S/C21H22FN3O3S/c1-12-8-7-9-13(2)18(12)23-19(26)15(4)29-21-25-24-20(28-21)14(3)27-17-11-6-5-10-16(17)22/h5-11,14-15H,1-4H3,(H,23,26)/t14-,15+/m1/s1. The summed E-state index contributed by atoms with van der Waals surface area (Å²) in [5.41, 5.74) is 2.80. The average molecular weight is 415 g/mol. The Morgan fingerprint density at radius 2 is 1.79 bits per heavy atom. The van der Waals surface area contributed by atoms with Gasteiger partial charge in [-0.1, -0.05) is 42.1 Å². The van der Waals surface area contributed by atoms with Crippen molar-refractivity contribution in [1.29, 1.82) is 0 Å². The summed E-state index contributed by atoms with van der Waals surface area (Å²) in [7, 11) is 0. The maximum Gasteiger partial charge on any atom is 0.277 e. The molecule has 0 bridgehead atoms. The molecular weight excluding hydrogens is 393 g/mol. The molecule has 8 heteroatoms. The van der Waals surface area contributed by atoms with E-state index in [4.69, 9.17) is 9.15 Å². The second-order valence-electron chi connectivity index (χ2n) is 6.61. The molecule has 1 N–H and O–H groups in total. The van der Waals surface area contributed by atoms with Gasteiger partial charge in [0.15, 0.2) is 17.7 Å². The second-order valence-corrected chi connectivity index (χ2v) is 7.90. The van der Waals surface area contributed by atoms with Crippen LogP contribution in [0.5, 0.6) is 5.75 Å². The van der Waals surface area contributed by atoms with E-state index in [1.165, 1.54) is 12.1 Å². The van der Waals surface area contributed by atoms with Crippen LogP contribution >= 0.6 is 11.8 Å². The predicted molar refractivity (Wildman–Crippen MR) is 110 cm³/mol. The van der Waals surface area contributed by atoms with Crippen LogP contribution in [-0.4, -0.2) is 21.4 Å². The van der Waals surface area contributed by atoms with Gasteiger partial charge in [0.25, 0.3) is 11.1 Å². The molecule has 0 aliphatic rings. The molecule has 0 radical (unpaired) electrons. The predicted octanol–water partition coefficient (Wildman–Crippen LogP) is 5.08. The molecule has 0 aliphatic carbocycles. The summed E-state index contributed by atoms with van der Waals surface area (Å²) >= 11 is 1.15. The summed E-state index contributed by atoms with van der Waals surface area (Å²) in [5.74, 6) is -0.320. The summed E-state index contributed by atoms with van der Waals surface area (Å²) in [4.78, 5) is 12.6. The van der Waals surface area contributed by atoms with Crippen LogP contribution in [0.2, 0.25) is 0 Å². The number of hydrogen-bond acceptors (Lipinski definition) is 6. The molecule has 0 spiro atoms. The van der Waals surface area contributed by atoms with Crippen LogP contribution in [0.4, 0.5) is 10.1 Å². The van der Waals surface area contributed by atoms with Crippen LogP contribution in [-0.2, 0) is 4.79 Å². The fraction of sp³-hybridized carbons (Fsp3) is 0.286. The number of carbonyl (C=O) groups excluding carboxylic acids is 1. The zero-order valence-corrected chi connectivity index (χ0v) is 17.4. The van der Waals surface area contributed by atoms with Crippen molar-refractivity contribution in [2.24, 2.45) is 0 Å². The van der Waals surface area contributed by atoms with Crippen LogP contribution in [0.25, 0.3) is 0 Å². The highest BCUT2D eigenvalue weighted by molar-refractivity contribution is 8.00. The first-order valence-electron chi connectivity index (χ1n) is 9.13. The minimum Gasteiger partial charge on any atom is -0.478 e. The van der Waals surface area contributed by atoms with Crippen LogP contribution in [0.15, 0.2) is 52.1 Å². The third-order valence-electron chi connectivity index (χ3n) is 4.29. The highest BCUT2D eigenvalue weighted by atomic mass is 32.2. The number of carbonyl (C=O) groups is 1. The van der Waals surface area contributed by atoms with Crippen LogP contribution in [0, 0.1) is 19.7 Å². The molecule has 0 aliphatic heterocycles. The highest BCUT2D eigenvalue weighted by Gasteiger charge is 2.22. The molecule has 3 rings (SSSR count). The maximum atomic E-state index is 13.7. The summed E-state index contributed by atoms with van der Waals surface area (Å²) in [6.07, 6.45) is -0.632. The molecule has 29 heavy (non-hydrogen) atoms. The Balaban J connectivity index is 1.61. The van der Waals surface area contributed by atoms with E-state index in [-0.39, 0.29) is 22.8 Å². The molecule has 6 nitrogen and oxygen atoms in total. The molecule has 0 saturated heterocycles. The first-order chi connectivity index (χ1) is 13.8. The third-order valence-corrected chi connectivity index (χ3v) is 5.22. The Hall–Kier alpha value is -2.87. The lowest BCUT2D eigenvalue weighted by molar-refractivity contribution is -0.115. The van der Waals surface area contributed by atoms with Crippen molar-refractivity contribution in [3.05, 3.63) is 65.3 Å². The van der Waals surface area contributed by atoms with Gasteiger partial charge in [0, 0.05) is 5.69 Å². The number of nitrogens with zero attached hydrogens (tertiary/aromatic N) is 2. The van der Waals surface area contributed by atoms with Crippen molar-refractivity contribution in [3.8, 4) is 5.75 Å². The van der Waals surface area contributed by atoms with Crippen molar-refractivity contribution >= 4 is 23.4 Å². The van der Waals surface area contributed by atoms with E-state index in [9.17, 15) is 9.18 Å². The Labute approximate surface area is 172 Å². The lowest BCUT2D eigenvalue weighted by Gasteiger charge is -2.14. The van der Waals surface area contributed by atoms with Gasteiger partial charge in [0.2, 0.25) is 5.91 Å². The van der Waals surface area contributed by atoms with E-state index < -0.39 is 17.2 Å². The summed E-state index contributed by atoms with van der Waals surface area (Å²) in [6.45, 7) is 7.34. The monoisotopic (exact) mass is 415 g/mol. The number of nitrogens with one attached hydrogen (secondary N) is 1. The lowest BCUT2D eigenvalue weighted by Crippen LogP contribution is -2.23. The number of halogens is 1. The molecule has 0 saturated carbocycles. The molecule has 3 aromatic rings. The molecule has 1 aromatic heterocycles. The molecular formula is C21H22FN3O3S. The number of ether oxygens (including phenoxy) is 1. The van der Waals surface area contributed by atoms with Gasteiger partial charge in [-0.3, -0.25) is 4.79 Å². The van der Waals surface area contributed by atoms with E-state index in [2.05, 4.69) is 15.5 Å². The first-order valence-corrected chi connectivity index (χ1v) is 10.0. The van der Waals surface area contributed by atoms with Crippen molar-refractivity contribution in [2.45, 2.75) is 44.3 Å². The van der Waals surface area contributed by atoms with Crippen LogP contribution < -0.4 is 10.1 Å². The lowest BCUT2D eigenvalue weighted by atomic mass is 10.1. The number of thioether (sulfide) groups is 1. The average Bonchev–Trinajstić information content (AvgIpc) is 3.15. The molecule has 152 valence electrons. The van der Waals surface area contributed by atoms with E-state index in [1.807, 2.05) is 32.0 Å². The summed E-state index contributed by atoms with van der Waals surface area (Å²) in [5, 5.41) is 10.6. The number of benzene rings is 2. The number of anilines is 1. The van der Waals surface area contributed by atoms with Crippen molar-refractivity contribution in [3.63, 3.8) is 0 Å². The van der Waals surface area contributed by atoms with Gasteiger partial charge in [0.05, 0.1) is 5.25 Å². The van der Waals surface area contributed by atoms with Gasteiger partial charge in [-0.15, -0.1) is 10.2 Å². The topological polar surface area (TPSA) is 77.2 Å².